The van der Waals surface area contributed by atoms with E-state index in [2.05, 4.69) is 56.6 Å². The Balaban J connectivity index is 1.50. The number of anilines is 1. The third-order valence-electron chi connectivity index (χ3n) is 6.20. The summed E-state index contributed by atoms with van der Waals surface area (Å²) in [5.74, 6) is -0.139. The molecule has 0 radical (unpaired) electrons. The third-order valence-corrected chi connectivity index (χ3v) is 6.89. The summed E-state index contributed by atoms with van der Waals surface area (Å²) in [5, 5.41) is 8.38. The van der Waals surface area contributed by atoms with Gasteiger partial charge in [0.25, 0.3) is 5.91 Å². The Kier molecular flexibility index (Phi) is 5.08. The second-order valence-corrected chi connectivity index (χ2v) is 9.04. The second-order valence-electron chi connectivity index (χ2n) is 8.18. The molecule has 6 aromatic rings. The SMILES string of the molecule is O=C(Nc1ccccc1-c1cccc2ccc3cccnc3c12)c1ccc(Br)c2ccccc12. The summed E-state index contributed by atoms with van der Waals surface area (Å²) in [7, 11) is 0. The van der Waals surface area contributed by atoms with Gasteiger partial charge in [0.05, 0.1) is 5.52 Å². The van der Waals surface area contributed by atoms with Crippen molar-refractivity contribution in [2.45, 2.75) is 0 Å². The zero-order chi connectivity index (χ0) is 23.1. The molecule has 6 rings (SSSR count). The van der Waals surface area contributed by atoms with Gasteiger partial charge in [-0.2, -0.15) is 0 Å². The maximum atomic E-state index is 13.5. The Hall–Kier alpha value is -4.02. The summed E-state index contributed by atoms with van der Waals surface area (Å²) in [4.78, 5) is 18.1. The van der Waals surface area contributed by atoms with Crippen molar-refractivity contribution in [3.63, 3.8) is 0 Å². The Labute approximate surface area is 205 Å². The maximum absolute atomic E-state index is 13.5. The molecule has 0 aliphatic carbocycles. The molecule has 0 fully saturated rings. The van der Waals surface area contributed by atoms with Crippen LogP contribution in [0.5, 0.6) is 0 Å². The number of fused-ring (bicyclic) bond motifs is 4. The van der Waals surface area contributed by atoms with Gasteiger partial charge < -0.3 is 5.32 Å². The van der Waals surface area contributed by atoms with E-state index in [1.54, 1.807) is 0 Å². The van der Waals surface area contributed by atoms with Crippen LogP contribution in [0.1, 0.15) is 10.4 Å². The molecular formula is C30H19BrN2O. The van der Waals surface area contributed by atoms with Crippen LogP contribution in [0, 0.1) is 0 Å². The van der Waals surface area contributed by atoms with Crippen LogP contribution in [-0.2, 0) is 0 Å². The van der Waals surface area contributed by atoms with Crippen molar-refractivity contribution in [2.24, 2.45) is 0 Å². The summed E-state index contributed by atoms with van der Waals surface area (Å²) in [5.41, 5.74) is 4.36. The number of rotatable bonds is 3. The molecule has 0 saturated heterocycles. The minimum atomic E-state index is -0.139. The molecule has 1 aromatic heterocycles. The number of carbonyl (C=O) groups excluding carboxylic acids is 1. The minimum absolute atomic E-state index is 0.139. The van der Waals surface area contributed by atoms with Crippen LogP contribution in [0.3, 0.4) is 0 Å². The van der Waals surface area contributed by atoms with E-state index in [9.17, 15) is 4.79 Å². The number of nitrogens with zero attached hydrogens (tertiary/aromatic N) is 1. The first-order chi connectivity index (χ1) is 16.7. The lowest BCUT2D eigenvalue weighted by Crippen LogP contribution is -2.13. The maximum Gasteiger partial charge on any atom is 0.256 e. The van der Waals surface area contributed by atoms with Gasteiger partial charge in [0.15, 0.2) is 0 Å². The molecule has 0 unspecified atom stereocenters. The second kappa shape index (κ2) is 8.40. The van der Waals surface area contributed by atoms with E-state index in [-0.39, 0.29) is 5.91 Å². The largest absolute Gasteiger partial charge is 0.321 e. The van der Waals surface area contributed by atoms with Crippen LogP contribution in [0.2, 0.25) is 0 Å². The number of pyridine rings is 1. The average Bonchev–Trinajstić information content (AvgIpc) is 2.89. The number of hydrogen-bond acceptors (Lipinski definition) is 2. The van der Waals surface area contributed by atoms with Crippen molar-refractivity contribution in [1.82, 2.24) is 4.98 Å². The number of hydrogen-bond donors (Lipinski definition) is 1. The number of para-hydroxylation sites is 1. The molecule has 0 bridgehead atoms. The summed E-state index contributed by atoms with van der Waals surface area (Å²) in [6.45, 7) is 0. The number of aromatic nitrogens is 1. The standard InChI is InChI=1S/C30H19BrN2O/c31-26-17-16-25(21-9-1-2-10-22(21)26)30(34)33-27-13-4-3-11-23(27)24-12-5-7-19-14-15-20-8-6-18-32-29(20)28(19)24/h1-18H,(H,33,34). The normalized spacial score (nSPS) is 11.2. The fourth-order valence-electron chi connectivity index (χ4n) is 4.62. The van der Waals surface area contributed by atoms with Crippen LogP contribution >= 0.6 is 15.9 Å². The molecule has 34 heavy (non-hydrogen) atoms. The molecule has 1 amide bonds. The predicted molar refractivity (Wildman–Crippen MR) is 144 cm³/mol. The molecule has 0 spiro atoms. The van der Waals surface area contributed by atoms with E-state index in [4.69, 9.17) is 0 Å². The third kappa shape index (κ3) is 3.44. The number of halogens is 1. The monoisotopic (exact) mass is 502 g/mol. The molecule has 0 aliphatic heterocycles. The zero-order valence-corrected chi connectivity index (χ0v) is 19.7. The lowest BCUT2D eigenvalue weighted by molar-refractivity contribution is 0.102. The van der Waals surface area contributed by atoms with E-state index in [0.717, 1.165) is 53.7 Å². The van der Waals surface area contributed by atoms with Crippen LogP contribution < -0.4 is 5.32 Å². The molecule has 0 atom stereocenters. The Morgan fingerprint density at radius 1 is 0.676 bits per heavy atom. The van der Waals surface area contributed by atoms with Crippen LogP contribution in [0.25, 0.3) is 43.6 Å². The molecular weight excluding hydrogens is 484 g/mol. The fraction of sp³-hybridized carbons (Fsp3) is 0. The van der Waals surface area contributed by atoms with Gasteiger partial charge in [-0.15, -0.1) is 0 Å². The van der Waals surface area contributed by atoms with Gasteiger partial charge in [-0.25, -0.2) is 0 Å². The van der Waals surface area contributed by atoms with Crippen LogP contribution in [-0.4, -0.2) is 10.9 Å². The molecule has 3 nitrogen and oxygen atoms in total. The van der Waals surface area contributed by atoms with Crippen LogP contribution in [0.15, 0.2) is 114 Å². The lowest BCUT2D eigenvalue weighted by atomic mass is 9.95. The van der Waals surface area contributed by atoms with Gasteiger partial charge in [0, 0.05) is 38.3 Å². The highest BCUT2D eigenvalue weighted by Crippen LogP contribution is 2.37. The number of carbonyl (C=O) groups is 1. The smallest absolute Gasteiger partial charge is 0.256 e. The van der Waals surface area contributed by atoms with E-state index in [0.29, 0.717) is 5.56 Å². The van der Waals surface area contributed by atoms with E-state index in [1.165, 1.54) is 0 Å². The van der Waals surface area contributed by atoms with E-state index >= 15 is 0 Å². The average molecular weight is 503 g/mol. The topological polar surface area (TPSA) is 42.0 Å². The zero-order valence-electron chi connectivity index (χ0n) is 18.1. The highest BCUT2D eigenvalue weighted by Gasteiger charge is 2.16. The van der Waals surface area contributed by atoms with Gasteiger partial charge >= 0.3 is 0 Å². The number of nitrogens with one attached hydrogen (secondary N) is 1. The van der Waals surface area contributed by atoms with Gasteiger partial charge in [-0.05, 0) is 46.0 Å². The summed E-state index contributed by atoms with van der Waals surface area (Å²) in [6.07, 6.45) is 1.82. The van der Waals surface area contributed by atoms with Gasteiger partial charge in [-0.3, -0.25) is 9.78 Å². The fourth-order valence-corrected chi connectivity index (χ4v) is 5.09. The van der Waals surface area contributed by atoms with Crippen molar-refractivity contribution in [1.29, 1.82) is 0 Å². The number of benzene rings is 5. The molecule has 1 heterocycles. The molecule has 5 aromatic carbocycles. The first kappa shape index (κ1) is 20.6. The minimum Gasteiger partial charge on any atom is -0.321 e. The van der Waals surface area contributed by atoms with Crippen molar-refractivity contribution >= 4 is 60.0 Å². The quantitative estimate of drug-likeness (QED) is 0.247. The molecule has 0 saturated carbocycles. The lowest BCUT2D eigenvalue weighted by Gasteiger charge is -2.15. The summed E-state index contributed by atoms with van der Waals surface area (Å²) < 4.78 is 0.968. The Morgan fingerprint density at radius 3 is 2.32 bits per heavy atom. The van der Waals surface area contributed by atoms with Crippen molar-refractivity contribution in [3.8, 4) is 11.1 Å². The Morgan fingerprint density at radius 2 is 1.41 bits per heavy atom. The number of amides is 1. The molecule has 162 valence electrons. The predicted octanol–water partition coefficient (Wildman–Crippen LogP) is 8.22. The van der Waals surface area contributed by atoms with Crippen molar-refractivity contribution in [2.75, 3.05) is 5.32 Å². The first-order valence-corrected chi connectivity index (χ1v) is 11.8. The van der Waals surface area contributed by atoms with Gasteiger partial charge in [0.1, 0.15) is 0 Å². The molecule has 1 N–H and O–H groups in total. The van der Waals surface area contributed by atoms with E-state index in [1.807, 2.05) is 79.0 Å². The van der Waals surface area contributed by atoms with Crippen molar-refractivity contribution in [3.05, 3.63) is 119 Å². The van der Waals surface area contributed by atoms with E-state index < -0.39 is 0 Å². The highest BCUT2D eigenvalue weighted by molar-refractivity contribution is 9.10. The first-order valence-electron chi connectivity index (χ1n) is 11.1. The summed E-state index contributed by atoms with van der Waals surface area (Å²) in [6, 6.07) is 34.1. The molecule has 0 aliphatic rings. The van der Waals surface area contributed by atoms with Crippen molar-refractivity contribution < 1.29 is 4.79 Å². The highest BCUT2D eigenvalue weighted by atomic mass is 79.9. The Bertz CT molecular complexity index is 1720. The van der Waals surface area contributed by atoms with Crippen LogP contribution in [0.4, 0.5) is 5.69 Å². The van der Waals surface area contributed by atoms with Gasteiger partial charge in [-0.1, -0.05) is 94.8 Å². The molecule has 4 heteroatoms. The summed E-state index contributed by atoms with van der Waals surface area (Å²) >= 11 is 3.59. The van der Waals surface area contributed by atoms with Gasteiger partial charge in [0.2, 0.25) is 0 Å².